The van der Waals surface area contributed by atoms with E-state index in [4.69, 9.17) is 0 Å². The van der Waals surface area contributed by atoms with Gasteiger partial charge in [0.15, 0.2) is 0 Å². The molecule has 0 amide bonds. The Morgan fingerprint density at radius 3 is 1.83 bits per heavy atom. The molecule has 1 unspecified atom stereocenters. The lowest BCUT2D eigenvalue weighted by molar-refractivity contribution is 0.707. The summed E-state index contributed by atoms with van der Waals surface area (Å²) in [4.78, 5) is 0. The van der Waals surface area contributed by atoms with Crippen LogP contribution in [0.15, 0.2) is 0 Å². The van der Waals surface area contributed by atoms with E-state index >= 15 is 0 Å². The molecule has 0 bridgehead atoms. The van der Waals surface area contributed by atoms with Crippen LogP contribution in [-0.4, -0.2) is 8.07 Å². The van der Waals surface area contributed by atoms with Gasteiger partial charge in [-0.1, -0.05) is 40.8 Å². The molecule has 0 saturated heterocycles. The third-order valence-electron chi connectivity index (χ3n) is 3.38. The molecular formula is C11H22Si. The quantitative estimate of drug-likeness (QED) is 0.426. The molecule has 0 aromatic carbocycles. The molecule has 12 heavy (non-hydrogen) atoms. The molecule has 0 spiro atoms. The third kappa shape index (κ3) is 2.38. The highest BCUT2D eigenvalue weighted by Crippen LogP contribution is 2.42. The van der Waals surface area contributed by atoms with Gasteiger partial charge in [-0.25, -0.2) is 0 Å². The fourth-order valence-corrected chi connectivity index (χ4v) is 2.85. The molecule has 0 aromatic rings. The molecule has 0 saturated carbocycles. The first-order chi connectivity index (χ1) is 5.23. The lowest BCUT2D eigenvalue weighted by Gasteiger charge is -2.39. The second-order valence-corrected chi connectivity index (χ2v) is 10.9. The molecule has 70 valence electrons. The first-order valence-electron chi connectivity index (χ1n) is 4.65. The van der Waals surface area contributed by atoms with Crippen molar-refractivity contribution in [3.05, 3.63) is 0 Å². The average Bonchev–Trinajstić information content (AvgIpc) is 1.85. The number of hydrogen-bond donors (Lipinski definition) is 0. The minimum Gasteiger partial charge on any atom is -0.107 e. The maximum Gasteiger partial charge on any atom is 0.0692 e. The summed E-state index contributed by atoms with van der Waals surface area (Å²) < 4.78 is 0. The standard InChI is InChI=1S/C11H22Si/c1-8-9-10(2)12(6,7)11(3,4)5/h10H,1-7H3. The highest BCUT2D eigenvalue weighted by atomic mass is 28.3. The first-order valence-corrected chi connectivity index (χ1v) is 7.73. The molecule has 0 aliphatic carbocycles. The van der Waals surface area contributed by atoms with Gasteiger partial charge >= 0.3 is 0 Å². The van der Waals surface area contributed by atoms with Crippen LogP contribution in [0.4, 0.5) is 0 Å². The Hall–Kier alpha value is -0.223. The van der Waals surface area contributed by atoms with Crippen molar-refractivity contribution in [1.29, 1.82) is 0 Å². The van der Waals surface area contributed by atoms with Gasteiger partial charge in [0.2, 0.25) is 0 Å². The van der Waals surface area contributed by atoms with Gasteiger partial charge in [0.05, 0.1) is 8.07 Å². The van der Waals surface area contributed by atoms with Crippen LogP contribution >= 0.6 is 0 Å². The summed E-state index contributed by atoms with van der Waals surface area (Å²) in [5.74, 6) is 6.33. The fraction of sp³-hybridized carbons (Fsp3) is 0.818. The van der Waals surface area contributed by atoms with Gasteiger partial charge in [-0.3, -0.25) is 0 Å². The van der Waals surface area contributed by atoms with Crippen LogP contribution in [-0.2, 0) is 0 Å². The van der Waals surface area contributed by atoms with E-state index in [1.54, 1.807) is 0 Å². The third-order valence-corrected chi connectivity index (χ3v) is 9.55. The van der Waals surface area contributed by atoms with Crippen molar-refractivity contribution >= 4 is 8.07 Å². The Morgan fingerprint density at radius 1 is 1.17 bits per heavy atom. The molecule has 0 heterocycles. The number of hydrogen-bond acceptors (Lipinski definition) is 0. The van der Waals surface area contributed by atoms with Crippen molar-refractivity contribution < 1.29 is 0 Å². The molecule has 0 rings (SSSR count). The largest absolute Gasteiger partial charge is 0.107 e. The van der Waals surface area contributed by atoms with Crippen molar-refractivity contribution in [2.45, 2.75) is 58.3 Å². The predicted octanol–water partition coefficient (Wildman–Crippen LogP) is 3.91. The van der Waals surface area contributed by atoms with E-state index in [9.17, 15) is 0 Å². The monoisotopic (exact) mass is 182 g/mol. The summed E-state index contributed by atoms with van der Waals surface area (Å²) in [5, 5.41) is 0.455. The second-order valence-electron chi connectivity index (χ2n) is 5.09. The zero-order valence-electron chi connectivity index (χ0n) is 9.58. The maximum atomic E-state index is 3.30. The van der Waals surface area contributed by atoms with Gasteiger partial charge in [0.1, 0.15) is 0 Å². The smallest absolute Gasteiger partial charge is 0.0692 e. The van der Waals surface area contributed by atoms with Gasteiger partial charge in [-0.15, -0.1) is 11.8 Å². The van der Waals surface area contributed by atoms with Crippen molar-refractivity contribution in [2.24, 2.45) is 0 Å². The molecule has 0 aromatic heterocycles. The summed E-state index contributed by atoms with van der Waals surface area (Å²) in [7, 11) is -1.20. The normalized spacial score (nSPS) is 14.9. The average molecular weight is 182 g/mol. The SMILES string of the molecule is CC#CC(C)[Si](C)(C)C(C)(C)C. The van der Waals surface area contributed by atoms with Crippen LogP contribution < -0.4 is 0 Å². The van der Waals surface area contributed by atoms with Gasteiger partial charge in [-0.2, -0.15) is 0 Å². The van der Waals surface area contributed by atoms with Crippen LogP contribution in [0.5, 0.6) is 0 Å². The topological polar surface area (TPSA) is 0 Å². The van der Waals surface area contributed by atoms with Crippen molar-refractivity contribution in [1.82, 2.24) is 0 Å². The first kappa shape index (κ1) is 11.8. The Morgan fingerprint density at radius 2 is 1.58 bits per heavy atom. The zero-order valence-corrected chi connectivity index (χ0v) is 10.6. The molecule has 1 atom stereocenters. The Balaban J connectivity index is 4.69. The summed E-state index contributed by atoms with van der Waals surface area (Å²) in [6, 6.07) is 0. The van der Waals surface area contributed by atoms with E-state index in [-0.39, 0.29) is 0 Å². The molecular weight excluding hydrogens is 160 g/mol. The molecule has 0 fully saturated rings. The van der Waals surface area contributed by atoms with Crippen LogP contribution in [0.1, 0.15) is 34.6 Å². The Labute approximate surface area is 78.8 Å². The van der Waals surface area contributed by atoms with Gasteiger partial charge in [0.25, 0.3) is 0 Å². The van der Waals surface area contributed by atoms with Crippen molar-refractivity contribution in [2.75, 3.05) is 0 Å². The second kappa shape index (κ2) is 3.66. The lowest BCUT2D eigenvalue weighted by atomic mass is 10.2. The Kier molecular flexibility index (Phi) is 3.59. The lowest BCUT2D eigenvalue weighted by Crippen LogP contribution is -2.40. The minimum atomic E-state index is -1.20. The van der Waals surface area contributed by atoms with Crippen molar-refractivity contribution in [3.63, 3.8) is 0 Å². The highest BCUT2D eigenvalue weighted by molar-refractivity contribution is 6.82. The van der Waals surface area contributed by atoms with Crippen LogP contribution in [0.2, 0.25) is 23.7 Å². The predicted molar refractivity (Wildman–Crippen MR) is 60.1 cm³/mol. The van der Waals surface area contributed by atoms with Crippen molar-refractivity contribution in [3.8, 4) is 11.8 Å². The van der Waals surface area contributed by atoms with E-state index in [1.165, 1.54) is 0 Å². The summed E-state index contributed by atoms with van der Waals surface area (Å²) in [6.07, 6.45) is 0. The number of rotatable bonds is 1. The zero-order chi connectivity index (χ0) is 9.99. The fourth-order valence-electron chi connectivity index (χ4n) is 1.05. The summed E-state index contributed by atoms with van der Waals surface area (Å²) in [5.41, 5.74) is 0.600. The van der Waals surface area contributed by atoms with E-state index in [1.807, 2.05) is 6.92 Å². The van der Waals surface area contributed by atoms with Gasteiger partial charge < -0.3 is 0 Å². The molecule has 0 radical (unpaired) electrons. The van der Waals surface area contributed by atoms with E-state index in [0.29, 0.717) is 10.6 Å². The molecule has 0 aliphatic heterocycles. The van der Waals surface area contributed by atoms with Crippen LogP contribution in [0.25, 0.3) is 0 Å². The summed E-state index contributed by atoms with van der Waals surface area (Å²) in [6.45, 7) is 16.1. The van der Waals surface area contributed by atoms with E-state index in [2.05, 4.69) is 52.6 Å². The van der Waals surface area contributed by atoms with E-state index < -0.39 is 8.07 Å². The molecule has 0 N–H and O–H groups in total. The summed E-state index contributed by atoms with van der Waals surface area (Å²) >= 11 is 0. The molecule has 1 heteroatoms. The maximum absolute atomic E-state index is 3.30. The molecule has 0 nitrogen and oxygen atoms in total. The molecule has 0 aliphatic rings. The van der Waals surface area contributed by atoms with Gasteiger partial charge in [0, 0.05) is 5.54 Å². The highest BCUT2D eigenvalue weighted by Gasteiger charge is 2.38. The van der Waals surface area contributed by atoms with Crippen LogP contribution in [0.3, 0.4) is 0 Å². The Bertz CT molecular complexity index is 197. The van der Waals surface area contributed by atoms with Gasteiger partial charge in [-0.05, 0) is 12.0 Å². The van der Waals surface area contributed by atoms with E-state index in [0.717, 1.165) is 0 Å². The minimum absolute atomic E-state index is 0.455. The van der Waals surface area contributed by atoms with Crippen LogP contribution in [0, 0.1) is 11.8 Å².